The summed E-state index contributed by atoms with van der Waals surface area (Å²) in [6.45, 7) is 5.11. The minimum atomic E-state index is -0.690. The van der Waals surface area contributed by atoms with E-state index in [1.807, 2.05) is 48.5 Å². The molecule has 0 unspecified atom stereocenters. The number of hydrogen-bond donors (Lipinski definition) is 0. The van der Waals surface area contributed by atoms with Crippen molar-refractivity contribution in [2.45, 2.75) is 12.5 Å². The van der Waals surface area contributed by atoms with Crippen LogP contribution in [0.1, 0.15) is 6.42 Å². The lowest BCUT2D eigenvalue weighted by atomic mass is 10.2. The van der Waals surface area contributed by atoms with Crippen molar-refractivity contribution in [3.8, 4) is 11.5 Å². The maximum absolute atomic E-state index is 13.5. The Morgan fingerprint density at radius 1 is 1.10 bits per heavy atom. The molecule has 162 valence electrons. The van der Waals surface area contributed by atoms with Gasteiger partial charge in [-0.05, 0) is 30.7 Å². The Bertz CT molecular complexity index is 1020. The average molecular weight is 440 g/mol. The van der Waals surface area contributed by atoms with E-state index in [9.17, 15) is 4.79 Å². The number of para-hydroxylation sites is 3. The fourth-order valence-corrected chi connectivity index (χ4v) is 4.86. The number of carbonyl (C=O) groups excluding carboxylic acids is 1. The molecule has 5 rings (SSSR count). The smallest absolute Gasteiger partial charge is 0.273 e. The van der Waals surface area contributed by atoms with Gasteiger partial charge in [0.05, 0.1) is 23.4 Å². The van der Waals surface area contributed by atoms with Gasteiger partial charge in [-0.1, -0.05) is 35.6 Å². The molecule has 0 bridgehead atoms. The quantitative estimate of drug-likeness (QED) is 0.588. The standard InChI is InChI=1S/C23H25N3O4S/c27-22(20-16-29-18-7-2-3-8-19(18)30-20)26(11-5-10-25-12-14-28-15-13-25)23-24-17-6-1-4-9-21(17)31-23/h1-4,6-9,20H,5,10-16H2/t20-/m1/s1. The van der Waals surface area contributed by atoms with Crippen LogP contribution in [0.4, 0.5) is 5.13 Å². The van der Waals surface area contributed by atoms with Crippen LogP contribution in [-0.4, -0.2) is 67.9 Å². The number of nitrogens with zero attached hydrogens (tertiary/aromatic N) is 3. The predicted molar refractivity (Wildman–Crippen MR) is 120 cm³/mol. The molecule has 0 N–H and O–H groups in total. The number of ether oxygens (including phenoxy) is 3. The van der Waals surface area contributed by atoms with Gasteiger partial charge < -0.3 is 14.2 Å². The van der Waals surface area contributed by atoms with Gasteiger partial charge in [-0.2, -0.15) is 0 Å². The minimum absolute atomic E-state index is 0.115. The Hall–Kier alpha value is -2.68. The Morgan fingerprint density at radius 3 is 2.71 bits per heavy atom. The van der Waals surface area contributed by atoms with Crippen LogP contribution in [0.5, 0.6) is 11.5 Å². The normalized spacial score (nSPS) is 18.8. The van der Waals surface area contributed by atoms with Crippen molar-refractivity contribution in [3.05, 3.63) is 48.5 Å². The van der Waals surface area contributed by atoms with Gasteiger partial charge in [0.1, 0.15) is 6.61 Å². The largest absolute Gasteiger partial charge is 0.485 e. The summed E-state index contributed by atoms with van der Waals surface area (Å²) in [5, 5.41) is 0.704. The van der Waals surface area contributed by atoms with Crippen LogP contribution < -0.4 is 14.4 Å². The third-order valence-electron chi connectivity index (χ3n) is 5.52. The van der Waals surface area contributed by atoms with Crippen LogP contribution >= 0.6 is 11.3 Å². The van der Waals surface area contributed by atoms with Crippen LogP contribution in [0.2, 0.25) is 0 Å². The minimum Gasteiger partial charge on any atom is -0.485 e. The molecular formula is C23H25N3O4S. The predicted octanol–water partition coefficient (Wildman–Crippen LogP) is 3.19. The van der Waals surface area contributed by atoms with Gasteiger partial charge in [-0.15, -0.1) is 0 Å². The summed E-state index contributed by atoms with van der Waals surface area (Å²) in [4.78, 5) is 22.4. The fourth-order valence-electron chi connectivity index (χ4n) is 3.87. The zero-order chi connectivity index (χ0) is 21.0. The van der Waals surface area contributed by atoms with Crippen molar-refractivity contribution in [3.63, 3.8) is 0 Å². The number of morpholine rings is 1. The van der Waals surface area contributed by atoms with Crippen molar-refractivity contribution in [2.75, 3.05) is 50.9 Å². The van der Waals surface area contributed by atoms with E-state index in [2.05, 4.69) is 4.90 Å². The van der Waals surface area contributed by atoms with Gasteiger partial charge in [-0.3, -0.25) is 14.6 Å². The lowest BCUT2D eigenvalue weighted by Gasteiger charge is -2.31. The van der Waals surface area contributed by atoms with Crippen LogP contribution in [0.25, 0.3) is 10.2 Å². The number of thiazole rings is 1. The van der Waals surface area contributed by atoms with Gasteiger partial charge in [0.25, 0.3) is 5.91 Å². The second-order valence-corrected chi connectivity index (χ2v) is 8.63. The Morgan fingerprint density at radius 2 is 1.87 bits per heavy atom. The Labute approximate surface area is 185 Å². The van der Waals surface area contributed by atoms with Crippen molar-refractivity contribution in [1.82, 2.24) is 9.88 Å². The highest BCUT2D eigenvalue weighted by molar-refractivity contribution is 7.22. The first kappa shape index (κ1) is 20.2. The maximum atomic E-state index is 13.5. The molecule has 7 nitrogen and oxygen atoms in total. The first-order chi connectivity index (χ1) is 15.3. The second-order valence-electron chi connectivity index (χ2n) is 7.63. The number of rotatable bonds is 6. The lowest BCUT2D eigenvalue weighted by molar-refractivity contribution is -0.127. The molecule has 1 fully saturated rings. The Balaban J connectivity index is 1.34. The molecule has 0 aliphatic carbocycles. The van der Waals surface area contributed by atoms with E-state index in [4.69, 9.17) is 19.2 Å². The molecular weight excluding hydrogens is 414 g/mol. The van der Waals surface area contributed by atoms with Gasteiger partial charge in [-0.25, -0.2) is 4.98 Å². The summed E-state index contributed by atoms with van der Waals surface area (Å²) >= 11 is 1.53. The van der Waals surface area contributed by atoms with E-state index in [1.165, 1.54) is 11.3 Å². The summed E-state index contributed by atoms with van der Waals surface area (Å²) in [7, 11) is 0. The second kappa shape index (κ2) is 9.21. The molecule has 1 aromatic heterocycles. The molecule has 2 aliphatic heterocycles. The van der Waals surface area contributed by atoms with E-state index < -0.39 is 6.10 Å². The first-order valence-electron chi connectivity index (χ1n) is 10.6. The summed E-state index contributed by atoms with van der Waals surface area (Å²) in [6, 6.07) is 15.4. The van der Waals surface area contributed by atoms with Crippen LogP contribution in [-0.2, 0) is 9.53 Å². The van der Waals surface area contributed by atoms with Crippen molar-refractivity contribution >= 4 is 32.6 Å². The number of aromatic nitrogens is 1. The molecule has 31 heavy (non-hydrogen) atoms. The molecule has 0 radical (unpaired) electrons. The summed E-state index contributed by atoms with van der Waals surface area (Å²) in [5.41, 5.74) is 0.902. The molecule has 1 amide bonds. The van der Waals surface area contributed by atoms with Gasteiger partial charge in [0.2, 0.25) is 6.10 Å². The van der Waals surface area contributed by atoms with Crippen LogP contribution in [0.15, 0.2) is 48.5 Å². The van der Waals surface area contributed by atoms with Crippen LogP contribution in [0.3, 0.4) is 0 Å². The number of hydrogen-bond acceptors (Lipinski definition) is 7. The monoisotopic (exact) mass is 439 g/mol. The molecule has 1 saturated heterocycles. The summed E-state index contributed by atoms with van der Waals surface area (Å²) in [6.07, 6.45) is 0.163. The molecule has 0 saturated carbocycles. The highest BCUT2D eigenvalue weighted by Gasteiger charge is 2.33. The third kappa shape index (κ3) is 4.51. The topological polar surface area (TPSA) is 64.1 Å². The average Bonchev–Trinajstić information content (AvgIpc) is 3.26. The zero-order valence-electron chi connectivity index (χ0n) is 17.2. The highest BCUT2D eigenvalue weighted by atomic mass is 32.1. The molecule has 2 aliphatic rings. The van der Waals surface area contributed by atoms with Crippen molar-refractivity contribution in [2.24, 2.45) is 0 Å². The van der Waals surface area contributed by atoms with Gasteiger partial charge >= 0.3 is 0 Å². The number of fused-ring (bicyclic) bond motifs is 2. The van der Waals surface area contributed by atoms with Gasteiger partial charge in [0, 0.05) is 26.2 Å². The number of carbonyl (C=O) groups is 1. The molecule has 3 aromatic rings. The number of amides is 1. The summed E-state index contributed by atoms with van der Waals surface area (Å²) in [5.74, 6) is 1.16. The number of anilines is 1. The third-order valence-corrected chi connectivity index (χ3v) is 6.58. The summed E-state index contributed by atoms with van der Waals surface area (Å²) < 4.78 is 18.3. The molecule has 2 aromatic carbocycles. The van der Waals surface area contributed by atoms with Crippen molar-refractivity contribution in [1.29, 1.82) is 0 Å². The van der Waals surface area contributed by atoms with E-state index in [0.717, 1.165) is 49.5 Å². The number of benzene rings is 2. The maximum Gasteiger partial charge on any atom is 0.273 e. The van der Waals surface area contributed by atoms with Crippen molar-refractivity contribution < 1.29 is 19.0 Å². The Kier molecular flexibility index (Phi) is 6.01. The SMILES string of the molecule is O=C([C@H]1COc2ccccc2O1)N(CCCN1CCOCC1)c1nc2ccccc2s1. The first-order valence-corrected chi connectivity index (χ1v) is 11.4. The lowest BCUT2D eigenvalue weighted by Crippen LogP contribution is -2.47. The van der Waals surface area contributed by atoms with E-state index >= 15 is 0 Å². The zero-order valence-corrected chi connectivity index (χ0v) is 18.1. The van der Waals surface area contributed by atoms with E-state index in [1.54, 1.807) is 4.90 Å². The molecule has 3 heterocycles. The molecule has 1 atom stereocenters. The molecule has 8 heteroatoms. The van der Waals surface area contributed by atoms with Crippen LogP contribution in [0, 0.1) is 0 Å². The highest BCUT2D eigenvalue weighted by Crippen LogP contribution is 2.33. The fraction of sp³-hybridized carbons (Fsp3) is 0.391. The van der Waals surface area contributed by atoms with E-state index in [-0.39, 0.29) is 12.5 Å². The van der Waals surface area contributed by atoms with E-state index in [0.29, 0.717) is 23.2 Å². The van der Waals surface area contributed by atoms with Gasteiger partial charge in [0.15, 0.2) is 16.6 Å². The molecule has 0 spiro atoms.